The molecule has 21 heavy (non-hydrogen) atoms. The summed E-state index contributed by atoms with van der Waals surface area (Å²) in [5, 5.41) is 8.96. The zero-order valence-electron chi connectivity index (χ0n) is 10.8. The molecule has 0 aromatic heterocycles. The van der Waals surface area contributed by atoms with Crippen LogP contribution in [0.5, 0.6) is 0 Å². The lowest BCUT2D eigenvalue weighted by atomic mass is 10.2. The van der Waals surface area contributed by atoms with Crippen molar-refractivity contribution in [3.63, 3.8) is 0 Å². The summed E-state index contributed by atoms with van der Waals surface area (Å²) >= 11 is 2.96. The molecule has 0 amide bonds. The Morgan fingerprint density at radius 3 is 2.38 bits per heavy atom. The average molecular weight is 394 g/mol. The first-order valence-corrected chi connectivity index (χ1v) is 7.84. The number of nitrogens with zero attached hydrogens (tertiary/aromatic N) is 1. The Balaban J connectivity index is 3.16. The molecular weight excluding hydrogens is 382 g/mol. The van der Waals surface area contributed by atoms with Crippen LogP contribution in [0.2, 0.25) is 0 Å². The molecule has 1 rings (SSSR count). The van der Waals surface area contributed by atoms with E-state index in [0.29, 0.717) is 4.31 Å². The van der Waals surface area contributed by atoms with Crippen molar-refractivity contribution in [3.05, 3.63) is 28.0 Å². The number of sulfonamides is 1. The first-order chi connectivity index (χ1) is 9.49. The van der Waals surface area contributed by atoms with Gasteiger partial charge in [-0.1, -0.05) is 15.9 Å². The normalized spacial score (nSPS) is 13.0. The number of benzene rings is 1. The number of aliphatic hydroxyl groups is 1. The van der Waals surface area contributed by atoms with E-state index in [4.69, 9.17) is 5.11 Å². The van der Waals surface area contributed by atoms with Crippen LogP contribution in [-0.2, 0) is 16.6 Å². The van der Waals surface area contributed by atoms with Gasteiger partial charge in [0, 0.05) is 23.6 Å². The molecule has 0 aliphatic rings. The molecule has 4 nitrogen and oxygen atoms in total. The van der Waals surface area contributed by atoms with Gasteiger partial charge in [-0.15, -0.1) is 0 Å². The van der Waals surface area contributed by atoms with Crippen LogP contribution in [0.15, 0.2) is 21.5 Å². The molecule has 0 saturated carbocycles. The smallest absolute Gasteiger partial charge is 0.390 e. The summed E-state index contributed by atoms with van der Waals surface area (Å²) in [6.45, 7) is -1.56. The maximum atomic E-state index is 14.0. The molecule has 0 heterocycles. The third-order valence-electron chi connectivity index (χ3n) is 2.65. The standard InChI is InChI=1S/C11H12BrF4NO3S/c1-17(3-2-11(14,15)16)21(19,20)9-5-8(12)4-7(6-18)10(9)13/h4-5,18H,2-3,6H2,1H3. The van der Waals surface area contributed by atoms with Crippen molar-refractivity contribution in [1.82, 2.24) is 4.31 Å². The summed E-state index contributed by atoms with van der Waals surface area (Å²) in [7, 11) is -3.50. The van der Waals surface area contributed by atoms with Crippen molar-refractivity contribution >= 4 is 26.0 Å². The van der Waals surface area contributed by atoms with Crippen LogP contribution in [0.1, 0.15) is 12.0 Å². The van der Waals surface area contributed by atoms with Crippen molar-refractivity contribution in [2.24, 2.45) is 0 Å². The van der Waals surface area contributed by atoms with Gasteiger partial charge in [-0.05, 0) is 12.1 Å². The summed E-state index contributed by atoms with van der Waals surface area (Å²) in [6.07, 6.45) is -5.86. The topological polar surface area (TPSA) is 57.6 Å². The van der Waals surface area contributed by atoms with Gasteiger partial charge in [-0.3, -0.25) is 0 Å². The zero-order valence-corrected chi connectivity index (χ0v) is 13.2. The minimum atomic E-state index is -4.52. The van der Waals surface area contributed by atoms with Gasteiger partial charge < -0.3 is 5.11 Å². The molecule has 1 aromatic carbocycles. The van der Waals surface area contributed by atoms with E-state index < -0.39 is 46.5 Å². The highest BCUT2D eigenvalue weighted by Gasteiger charge is 2.32. The Bertz CT molecular complexity index is 619. The second-order valence-electron chi connectivity index (χ2n) is 4.23. The number of hydrogen-bond donors (Lipinski definition) is 1. The van der Waals surface area contributed by atoms with Crippen molar-refractivity contribution in [2.75, 3.05) is 13.6 Å². The second-order valence-corrected chi connectivity index (χ2v) is 7.16. The van der Waals surface area contributed by atoms with Crippen LogP contribution in [0.4, 0.5) is 17.6 Å². The van der Waals surface area contributed by atoms with Gasteiger partial charge in [0.25, 0.3) is 0 Å². The number of hydrogen-bond acceptors (Lipinski definition) is 3. The SMILES string of the molecule is CN(CCC(F)(F)F)S(=O)(=O)c1cc(Br)cc(CO)c1F. The van der Waals surface area contributed by atoms with E-state index in [9.17, 15) is 26.0 Å². The molecule has 0 saturated heterocycles. The van der Waals surface area contributed by atoms with Crippen LogP contribution in [0.3, 0.4) is 0 Å². The molecule has 1 N–H and O–H groups in total. The Hall–Kier alpha value is -0.710. The zero-order chi connectivity index (χ0) is 16.4. The van der Waals surface area contributed by atoms with E-state index in [1.165, 1.54) is 6.07 Å². The first-order valence-electron chi connectivity index (χ1n) is 5.61. The van der Waals surface area contributed by atoms with E-state index in [0.717, 1.165) is 13.1 Å². The van der Waals surface area contributed by atoms with E-state index >= 15 is 0 Å². The quantitative estimate of drug-likeness (QED) is 0.782. The van der Waals surface area contributed by atoms with Gasteiger partial charge in [0.1, 0.15) is 10.7 Å². The fourth-order valence-electron chi connectivity index (χ4n) is 1.49. The number of halogens is 5. The Labute approximate surface area is 127 Å². The molecule has 0 spiro atoms. The molecule has 0 bridgehead atoms. The number of alkyl halides is 3. The van der Waals surface area contributed by atoms with E-state index in [2.05, 4.69) is 15.9 Å². The van der Waals surface area contributed by atoms with E-state index in [-0.39, 0.29) is 10.0 Å². The van der Waals surface area contributed by atoms with Gasteiger partial charge >= 0.3 is 6.18 Å². The van der Waals surface area contributed by atoms with Crippen LogP contribution >= 0.6 is 15.9 Å². The van der Waals surface area contributed by atoms with Crippen LogP contribution < -0.4 is 0 Å². The molecule has 0 atom stereocenters. The molecule has 0 unspecified atom stereocenters. The third kappa shape index (κ3) is 4.63. The van der Waals surface area contributed by atoms with Gasteiger partial charge in [-0.25, -0.2) is 17.1 Å². The van der Waals surface area contributed by atoms with Crippen LogP contribution in [0, 0.1) is 5.82 Å². The molecule has 1 aromatic rings. The molecule has 120 valence electrons. The highest BCUT2D eigenvalue weighted by Crippen LogP contribution is 2.27. The van der Waals surface area contributed by atoms with Crippen LogP contribution in [0.25, 0.3) is 0 Å². The monoisotopic (exact) mass is 393 g/mol. The largest absolute Gasteiger partial charge is 0.392 e. The second kappa shape index (κ2) is 6.59. The molecule has 0 radical (unpaired) electrons. The average Bonchev–Trinajstić information content (AvgIpc) is 2.36. The highest BCUT2D eigenvalue weighted by molar-refractivity contribution is 9.10. The Kier molecular flexibility index (Phi) is 5.76. The van der Waals surface area contributed by atoms with Crippen molar-refractivity contribution in [3.8, 4) is 0 Å². The van der Waals surface area contributed by atoms with Gasteiger partial charge in [0.15, 0.2) is 0 Å². The van der Waals surface area contributed by atoms with Gasteiger partial charge in [0.05, 0.1) is 13.0 Å². The number of rotatable bonds is 5. The number of aliphatic hydroxyl groups excluding tert-OH is 1. The fourth-order valence-corrected chi connectivity index (χ4v) is 3.45. The summed E-state index contributed by atoms with van der Waals surface area (Å²) in [6, 6.07) is 2.12. The summed E-state index contributed by atoms with van der Waals surface area (Å²) in [5.41, 5.74) is -0.271. The summed E-state index contributed by atoms with van der Waals surface area (Å²) < 4.78 is 75.2. The lowest BCUT2D eigenvalue weighted by molar-refractivity contribution is -0.135. The highest BCUT2D eigenvalue weighted by atomic mass is 79.9. The minimum absolute atomic E-state index is 0.191. The third-order valence-corrected chi connectivity index (χ3v) is 4.96. The van der Waals surface area contributed by atoms with E-state index in [1.807, 2.05) is 0 Å². The fraction of sp³-hybridized carbons (Fsp3) is 0.455. The molecular formula is C11H12BrF4NO3S. The minimum Gasteiger partial charge on any atom is -0.392 e. The van der Waals surface area contributed by atoms with E-state index in [1.54, 1.807) is 0 Å². The van der Waals surface area contributed by atoms with Crippen molar-refractivity contribution in [1.29, 1.82) is 0 Å². The van der Waals surface area contributed by atoms with Gasteiger partial charge in [0.2, 0.25) is 10.0 Å². The predicted octanol–water partition coefficient (Wildman–Crippen LogP) is 2.65. The summed E-state index contributed by atoms with van der Waals surface area (Å²) in [4.78, 5) is -0.786. The predicted molar refractivity (Wildman–Crippen MR) is 70.5 cm³/mol. The first kappa shape index (κ1) is 18.3. The van der Waals surface area contributed by atoms with Crippen LogP contribution in [-0.4, -0.2) is 37.6 Å². The Morgan fingerprint density at radius 1 is 1.33 bits per heavy atom. The lowest BCUT2D eigenvalue weighted by Gasteiger charge is -2.19. The molecule has 0 aliphatic carbocycles. The Morgan fingerprint density at radius 2 is 1.90 bits per heavy atom. The van der Waals surface area contributed by atoms with Crippen molar-refractivity contribution < 1.29 is 31.1 Å². The maximum absolute atomic E-state index is 14.0. The molecule has 0 fully saturated rings. The van der Waals surface area contributed by atoms with Gasteiger partial charge in [-0.2, -0.15) is 13.2 Å². The summed E-state index contributed by atoms with van der Waals surface area (Å²) in [5.74, 6) is -1.18. The molecule has 10 heteroatoms. The maximum Gasteiger partial charge on any atom is 0.390 e. The van der Waals surface area contributed by atoms with Crippen molar-refractivity contribution in [2.45, 2.75) is 24.1 Å². The molecule has 0 aliphatic heterocycles. The lowest BCUT2D eigenvalue weighted by Crippen LogP contribution is -2.31.